The topological polar surface area (TPSA) is 49.4 Å². The molecule has 0 spiro atoms. The molecule has 0 aromatic heterocycles. The Hall–Kier alpha value is -1.43. The fraction of sp³-hybridized carbons (Fsp3) is 0.467. The molecule has 2 amide bonds. The molecule has 0 bridgehead atoms. The first kappa shape index (κ1) is 15.9. The number of aryl methyl sites for hydroxylation is 1. The molecule has 21 heavy (non-hydrogen) atoms. The lowest BCUT2D eigenvalue weighted by molar-refractivity contribution is -0.129. The van der Waals surface area contributed by atoms with E-state index in [4.69, 9.17) is 0 Å². The predicted octanol–water partition coefficient (Wildman–Crippen LogP) is 2.92. The minimum absolute atomic E-state index is 0.162. The molecule has 0 aliphatic carbocycles. The Kier molecular flexibility index (Phi) is 4.37. The smallest absolute Gasteiger partial charge is 0.252 e. The second-order valence-corrected chi connectivity index (χ2v) is 6.35. The van der Waals surface area contributed by atoms with Crippen LogP contribution in [0.25, 0.3) is 0 Å². The molecule has 0 radical (unpaired) electrons. The lowest BCUT2D eigenvalue weighted by atomic mass is 9.96. The van der Waals surface area contributed by atoms with Crippen LogP contribution in [0.3, 0.4) is 0 Å². The van der Waals surface area contributed by atoms with Crippen molar-refractivity contribution in [2.75, 3.05) is 11.4 Å². The van der Waals surface area contributed by atoms with Gasteiger partial charge in [-0.3, -0.25) is 9.59 Å². The molecule has 1 saturated heterocycles. The lowest BCUT2D eigenvalue weighted by Crippen LogP contribution is -2.55. The van der Waals surface area contributed by atoms with Crippen molar-refractivity contribution < 1.29 is 14.0 Å². The predicted molar refractivity (Wildman–Crippen MR) is 82.6 cm³/mol. The van der Waals surface area contributed by atoms with Crippen molar-refractivity contribution in [2.24, 2.45) is 0 Å². The highest BCUT2D eigenvalue weighted by Crippen LogP contribution is 2.30. The molecule has 1 aromatic rings. The van der Waals surface area contributed by atoms with Crippen molar-refractivity contribution >= 4 is 33.4 Å². The molecule has 4 nitrogen and oxygen atoms in total. The summed E-state index contributed by atoms with van der Waals surface area (Å²) in [5.41, 5.74) is 0.338. The van der Waals surface area contributed by atoms with E-state index in [0.29, 0.717) is 16.6 Å². The molecular formula is C15H18BrFN2O2. The van der Waals surface area contributed by atoms with E-state index in [1.807, 2.05) is 13.8 Å². The number of nitrogens with zero attached hydrogens (tertiary/aromatic N) is 1. The van der Waals surface area contributed by atoms with Gasteiger partial charge in [0.05, 0.1) is 4.47 Å². The molecule has 6 heteroatoms. The minimum atomic E-state index is -0.955. The lowest BCUT2D eigenvalue weighted by Gasteiger charge is -2.32. The van der Waals surface area contributed by atoms with Crippen LogP contribution in [0.2, 0.25) is 0 Å². The number of halogens is 2. The van der Waals surface area contributed by atoms with Gasteiger partial charge in [-0.2, -0.15) is 0 Å². The number of anilines is 1. The molecular weight excluding hydrogens is 339 g/mol. The number of hydrogen-bond donors (Lipinski definition) is 1. The quantitative estimate of drug-likeness (QED) is 0.885. The normalized spacial score (nSPS) is 23.0. The minimum Gasteiger partial charge on any atom is -0.342 e. The van der Waals surface area contributed by atoms with Crippen molar-refractivity contribution in [3.63, 3.8) is 0 Å². The Morgan fingerprint density at radius 3 is 2.71 bits per heavy atom. The summed E-state index contributed by atoms with van der Waals surface area (Å²) in [6, 6.07) is 2.98. The van der Waals surface area contributed by atoms with Crippen LogP contribution in [0.1, 0.15) is 32.3 Å². The number of amides is 2. The average molecular weight is 357 g/mol. The maximum absolute atomic E-state index is 13.8. The molecule has 1 fully saturated rings. The molecule has 1 aromatic carbocycles. The second-order valence-electron chi connectivity index (χ2n) is 5.49. The Bertz CT molecular complexity index is 606. The van der Waals surface area contributed by atoms with Gasteiger partial charge in [0.2, 0.25) is 5.91 Å². The third-order valence-electron chi connectivity index (χ3n) is 3.93. The zero-order valence-electron chi connectivity index (χ0n) is 12.3. The van der Waals surface area contributed by atoms with Gasteiger partial charge >= 0.3 is 0 Å². The number of carbonyl (C=O) groups excluding carboxylic acids is 2. The van der Waals surface area contributed by atoms with Crippen LogP contribution in [0.15, 0.2) is 16.6 Å². The van der Waals surface area contributed by atoms with Crippen LogP contribution in [0.5, 0.6) is 0 Å². The molecule has 0 saturated carbocycles. The van der Waals surface area contributed by atoms with Crippen LogP contribution in [-0.2, 0) is 9.59 Å². The van der Waals surface area contributed by atoms with E-state index in [-0.39, 0.29) is 24.8 Å². The van der Waals surface area contributed by atoms with Gasteiger partial charge in [0, 0.05) is 18.7 Å². The Balaban J connectivity index is 2.49. The SMILES string of the molecule is CCC1(C)NC(=O)CCN(c2cc(F)c(Br)cc2C)C1=O. The number of rotatable bonds is 2. The van der Waals surface area contributed by atoms with Gasteiger partial charge in [-0.05, 0) is 53.9 Å². The van der Waals surface area contributed by atoms with Crippen LogP contribution >= 0.6 is 15.9 Å². The largest absolute Gasteiger partial charge is 0.342 e. The molecule has 1 atom stereocenters. The van der Waals surface area contributed by atoms with E-state index >= 15 is 0 Å². The van der Waals surface area contributed by atoms with E-state index in [9.17, 15) is 14.0 Å². The first-order valence-electron chi connectivity index (χ1n) is 6.87. The summed E-state index contributed by atoms with van der Waals surface area (Å²) in [6.45, 7) is 5.62. The van der Waals surface area contributed by atoms with Crippen LogP contribution in [0, 0.1) is 12.7 Å². The highest BCUT2D eigenvalue weighted by atomic mass is 79.9. The molecule has 1 unspecified atom stereocenters. The summed E-state index contributed by atoms with van der Waals surface area (Å²) in [7, 11) is 0. The number of benzene rings is 1. The Morgan fingerprint density at radius 2 is 2.10 bits per heavy atom. The van der Waals surface area contributed by atoms with E-state index in [1.165, 1.54) is 11.0 Å². The summed E-state index contributed by atoms with van der Waals surface area (Å²) < 4.78 is 14.2. The standard InChI is InChI=1S/C15H18BrFN2O2/c1-4-15(3)14(21)19(6-5-13(20)18-15)12-8-11(17)10(16)7-9(12)2/h7-8H,4-6H2,1-3H3,(H,18,20). The average Bonchev–Trinajstić information content (AvgIpc) is 2.53. The third kappa shape index (κ3) is 2.95. The Morgan fingerprint density at radius 1 is 1.43 bits per heavy atom. The molecule has 1 N–H and O–H groups in total. The number of nitrogens with one attached hydrogen (secondary N) is 1. The Labute approximate surface area is 131 Å². The summed E-state index contributed by atoms with van der Waals surface area (Å²) in [4.78, 5) is 26.1. The van der Waals surface area contributed by atoms with Gasteiger partial charge in [-0.1, -0.05) is 6.92 Å². The van der Waals surface area contributed by atoms with Gasteiger partial charge < -0.3 is 10.2 Å². The molecule has 2 rings (SSSR count). The number of carbonyl (C=O) groups is 2. The van der Waals surface area contributed by atoms with Crippen LogP contribution in [-0.4, -0.2) is 23.9 Å². The molecule has 1 heterocycles. The van der Waals surface area contributed by atoms with Crippen molar-refractivity contribution in [2.45, 2.75) is 39.2 Å². The second kappa shape index (κ2) is 5.75. The van der Waals surface area contributed by atoms with Gasteiger partial charge in [0.1, 0.15) is 11.4 Å². The first-order chi connectivity index (χ1) is 9.78. The molecule has 114 valence electrons. The van der Waals surface area contributed by atoms with Crippen molar-refractivity contribution in [3.8, 4) is 0 Å². The maximum Gasteiger partial charge on any atom is 0.252 e. The highest BCUT2D eigenvalue weighted by molar-refractivity contribution is 9.10. The zero-order valence-corrected chi connectivity index (χ0v) is 13.9. The third-order valence-corrected chi connectivity index (χ3v) is 4.54. The molecule has 1 aliphatic heterocycles. The fourth-order valence-corrected chi connectivity index (χ4v) is 2.89. The first-order valence-corrected chi connectivity index (χ1v) is 7.66. The van der Waals surface area contributed by atoms with Crippen molar-refractivity contribution in [1.82, 2.24) is 5.32 Å². The zero-order chi connectivity index (χ0) is 15.8. The molecule has 1 aliphatic rings. The van der Waals surface area contributed by atoms with Gasteiger partial charge in [0.25, 0.3) is 5.91 Å². The monoisotopic (exact) mass is 356 g/mol. The van der Waals surface area contributed by atoms with E-state index in [2.05, 4.69) is 21.2 Å². The highest BCUT2D eigenvalue weighted by Gasteiger charge is 2.40. The summed E-state index contributed by atoms with van der Waals surface area (Å²) in [5, 5.41) is 2.77. The van der Waals surface area contributed by atoms with Crippen molar-refractivity contribution in [1.29, 1.82) is 0 Å². The van der Waals surface area contributed by atoms with Crippen LogP contribution < -0.4 is 10.2 Å². The van der Waals surface area contributed by atoms with Gasteiger partial charge in [0.15, 0.2) is 0 Å². The summed E-state index contributed by atoms with van der Waals surface area (Å²) >= 11 is 3.14. The summed E-state index contributed by atoms with van der Waals surface area (Å²) in [5.74, 6) is -0.795. The van der Waals surface area contributed by atoms with Crippen molar-refractivity contribution in [3.05, 3.63) is 28.0 Å². The van der Waals surface area contributed by atoms with E-state index < -0.39 is 11.4 Å². The van der Waals surface area contributed by atoms with Gasteiger partial charge in [-0.25, -0.2) is 4.39 Å². The van der Waals surface area contributed by atoms with E-state index in [1.54, 1.807) is 13.0 Å². The van der Waals surface area contributed by atoms with Crippen LogP contribution in [0.4, 0.5) is 10.1 Å². The maximum atomic E-state index is 13.8. The summed E-state index contributed by atoms with van der Waals surface area (Å²) in [6.07, 6.45) is 0.685. The van der Waals surface area contributed by atoms with Gasteiger partial charge in [-0.15, -0.1) is 0 Å². The fourth-order valence-electron chi connectivity index (χ4n) is 2.43. The van der Waals surface area contributed by atoms with E-state index in [0.717, 1.165) is 5.56 Å². The number of hydrogen-bond acceptors (Lipinski definition) is 2.